The Hall–Kier alpha value is -2.65. The lowest BCUT2D eigenvalue weighted by atomic mass is 10.1. The molecule has 7 nitrogen and oxygen atoms in total. The molecular formula is C24H31ClFN3O4S. The molecule has 0 aromatic heterocycles. The highest BCUT2D eigenvalue weighted by atomic mass is 35.5. The Labute approximate surface area is 205 Å². The first-order chi connectivity index (χ1) is 15.7. The predicted octanol–water partition coefficient (Wildman–Crippen LogP) is 3.97. The molecule has 0 aliphatic carbocycles. The van der Waals surface area contributed by atoms with Gasteiger partial charge in [-0.2, -0.15) is 0 Å². The molecule has 186 valence electrons. The summed E-state index contributed by atoms with van der Waals surface area (Å²) in [5.74, 6) is -1.35. The summed E-state index contributed by atoms with van der Waals surface area (Å²) in [5, 5.41) is 3.31. The first-order valence-corrected chi connectivity index (χ1v) is 13.0. The smallest absolute Gasteiger partial charge is 0.244 e. The molecule has 2 aromatic rings. The number of nitrogens with zero attached hydrogens (tertiary/aromatic N) is 2. The summed E-state index contributed by atoms with van der Waals surface area (Å²) < 4.78 is 39.4. The highest BCUT2D eigenvalue weighted by Gasteiger charge is 2.33. The number of sulfonamides is 1. The molecule has 34 heavy (non-hydrogen) atoms. The van der Waals surface area contributed by atoms with Gasteiger partial charge in [0.15, 0.2) is 0 Å². The first kappa shape index (κ1) is 27.6. The van der Waals surface area contributed by atoms with E-state index in [1.54, 1.807) is 6.92 Å². The van der Waals surface area contributed by atoms with Crippen LogP contribution >= 0.6 is 11.6 Å². The molecule has 0 saturated heterocycles. The molecular weight excluding hydrogens is 481 g/mol. The van der Waals surface area contributed by atoms with Crippen molar-refractivity contribution in [1.82, 2.24) is 10.2 Å². The molecule has 1 atom stereocenters. The van der Waals surface area contributed by atoms with E-state index >= 15 is 0 Å². The SMILES string of the molecule is CC[C@H](C(=O)NC(C)(C)C)N(Cc1ccc(F)cc1)C(=O)CN(c1ccc(Cl)cc1)S(C)(=O)=O. The van der Waals surface area contributed by atoms with Gasteiger partial charge in [-0.05, 0) is 69.2 Å². The third-order valence-corrected chi connectivity index (χ3v) is 6.34. The van der Waals surface area contributed by atoms with Crippen LogP contribution in [0.4, 0.5) is 10.1 Å². The van der Waals surface area contributed by atoms with Crippen molar-refractivity contribution in [3.63, 3.8) is 0 Å². The summed E-state index contributed by atoms with van der Waals surface area (Å²) in [7, 11) is -3.83. The van der Waals surface area contributed by atoms with Crippen LogP contribution in [0.3, 0.4) is 0 Å². The highest BCUT2D eigenvalue weighted by molar-refractivity contribution is 7.92. The summed E-state index contributed by atoms with van der Waals surface area (Å²) in [6.45, 7) is 6.75. The first-order valence-electron chi connectivity index (χ1n) is 10.8. The zero-order valence-corrected chi connectivity index (χ0v) is 21.6. The third-order valence-electron chi connectivity index (χ3n) is 4.94. The predicted molar refractivity (Wildman–Crippen MR) is 133 cm³/mol. The van der Waals surface area contributed by atoms with Gasteiger partial charge >= 0.3 is 0 Å². The summed E-state index contributed by atoms with van der Waals surface area (Å²) in [4.78, 5) is 27.9. The van der Waals surface area contributed by atoms with Gasteiger partial charge in [-0.3, -0.25) is 13.9 Å². The molecule has 0 spiro atoms. The minimum absolute atomic E-state index is 0.00734. The number of nitrogens with one attached hydrogen (secondary N) is 1. The molecule has 0 fully saturated rings. The van der Waals surface area contributed by atoms with Gasteiger partial charge in [0.25, 0.3) is 0 Å². The van der Waals surface area contributed by atoms with E-state index in [0.29, 0.717) is 17.0 Å². The van der Waals surface area contributed by atoms with Crippen LogP contribution in [0.25, 0.3) is 0 Å². The molecule has 2 aromatic carbocycles. The van der Waals surface area contributed by atoms with Crippen molar-refractivity contribution in [3.05, 3.63) is 64.9 Å². The van der Waals surface area contributed by atoms with Crippen LogP contribution in [-0.4, -0.2) is 49.5 Å². The van der Waals surface area contributed by atoms with Crippen molar-refractivity contribution in [2.24, 2.45) is 0 Å². The third kappa shape index (κ3) is 7.99. The van der Waals surface area contributed by atoms with Crippen molar-refractivity contribution >= 4 is 39.1 Å². The van der Waals surface area contributed by atoms with E-state index in [2.05, 4.69) is 5.32 Å². The van der Waals surface area contributed by atoms with Gasteiger partial charge in [-0.1, -0.05) is 30.7 Å². The van der Waals surface area contributed by atoms with Crippen molar-refractivity contribution in [3.8, 4) is 0 Å². The van der Waals surface area contributed by atoms with Gasteiger partial charge in [0.2, 0.25) is 21.8 Å². The Morgan fingerprint density at radius 3 is 2.09 bits per heavy atom. The Kier molecular flexibility index (Phi) is 9.08. The van der Waals surface area contributed by atoms with E-state index < -0.39 is 39.9 Å². The van der Waals surface area contributed by atoms with E-state index in [9.17, 15) is 22.4 Å². The van der Waals surface area contributed by atoms with E-state index in [1.807, 2.05) is 20.8 Å². The Bertz CT molecular complexity index is 1100. The van der Waals surface area contributed by atoms with Gasteiger partial charge in [-0.15, -0.1) is 0 Å². The van der Waals surface area contributed by atoms with Gasteiger partial charge in [-0.25, -0.2) is 12.8 Å². The van der Waals surface area contributed by atoms with E-state index in [-0.39, 0.29) is 18.1 Å². The number of hydrogen-bond acceptors (Lipinski definition) is 4. The Morgan fingerprint density at radius 2 is 1.62 bits per heavy atom. The Balaban J connectivity index is 2.43. The van der Waals surface area contributed by atoms with E-state index in [0.717, 1.165) is 10.6 Å². The topological polar surface area (TPSA) is 86.8 Å². The van der Waals surface area contributed by atoms with Crippen molar-refractivity contribution < 1.29 is 22.4 Å². The molecule has 0 radical (unpaired) electrons. The maximum Gasteiger partial charge on any atom is 0.244 e. The molecule has 0 aliphatic heterocycles. The largest absolute Gasteiger partial charge is 0.350 e. The minimum atomic E-state index is -3.83. The number of carbonyl (C=O) groups is 2. The normalized spacial score (nSPS) is 12.7. The Morgan fingerprint density at radius 1 is 1.06 bits per heavy atom. The van der Waals surface area contributed by atoms with Crippen LogP contribution in [0.15, 0.2) is 48.5 Å². The van der Waals surface area contributed by atoms with Crippen LogP contribution in [0.2, 0.25) is 5.02 Å². The summed E-state index contributed by atoms with van der Waals surface area (Å²) in [5.41, 5.74) is 0.348. The zero-order valence-electron chi connectivity index (χ0n) is 20.0. The molecule has 0 bridgehead atoms. The van der Waals surface area contributed by atoms with Gasteiger partial charge in [0.05, 0.1) is 11.9 Å². The maximum atomic E-state index is 13.5. The average Bonchev–Trinajstić information content (AvgIpc) is 2.72. The lowest BCUT2D eigenvalue weighted by Crippen LogP contribution is -2.55. The van der Waals surface area contributed by atoms with Crippen LogP contribution in [0.5, 0.6) is 0 Å². The quantitative estimate of drug-likeness (QED) is 0.552. The van der Waals surface area contributed by atoms with E-state index in [1.165, 1.54) is 53.4 Å². The second kappa shape index (κ2) is 11.2. The molecule has 0 saturated carbocycles. The van der Waals surface area contributed by atoms with Crippen LogP contribution in [0.1, 0.15) is 39.7 Å². The summed E-state index contributed by atoms with van der Waals surface area (Å²) in [6, 6.07) is 10.8. The summed E-state index contributed by atoms with van der Waals surface area (Å²) >= 11 is 5.92. The van der Waals surface area contributed by atoms with Crippen molar-refractivity contribution in [2.75, 3.05) is 17.1 Å². The fraction of sp³-hybridized carbons (Fsp3) is 0.417. The molecule has 1 N–H and O–H groups in total. The molecule has 10 heteroatoms. The standard InChI is InChI=1S/C24H31ClFN3O4S/c1-6-21(23(31)27-24(2,3)4)28(15-17-7-11-19(26)12-8-17)22(30)16-29(34(5,32)33)20-13-9-18(25)10-14-20/h7-14,21H,6,15-16H2,1-5H3,(H,27,31)/t21-/m1/s1. The number of hydrogen-bond donors (Lipinski definition) is 1. The lowest BCUT2D eigenvalue weighted by molar-refractivity contribution is -0.141. The number of amides is 2. The fourth-order valence-electron chi connectivity index (χ4n) is 3.38. The number of benzene rings is 2. The lowest BCUT2D eigenvalue weighted by Gasteiger charge is -2.34. The zero-order chi connectivity index (χ0) is 25.7. The molecule has 0 aliphatic rings. The maximum absolute atomic E-state index is 13.5. The van der Waals surface area contributed by atoms with Gasteiger partial charge in [0, 0.05) is 17.1 Å². The van der Waals surface area contributed by atoms with Crippen molar-refractivity contribution in [1.29, 1.82) is 0 Å². The number of carbonyl (C=O) groups excluding carboxylic acids is 2. The second-order valence-corrected chi connectivity index (χ2v) is 11.4. The minimum Gasteiger partial charge on any atom is -0.350 e. The fourth-order valence-corrected chi connectivity index (χ4v) is 4.36. The molecule has 2 amide bonds. The van der Waals surface area contributed by atoms with Crippen LogP contribution < -0.4 is 9.62 Å². The molecule has 0 heterocycles. The number of halogens is 2. The molecule has 2 rings (SSSR count). The van der Waals surface area contributed by atoms with Crippen LogP contribution in [0, 0.1) is 5.82 Å². The van der Waals surface area contributed by atoms with Gasteiger partial charge < -0.3 is 10.2 Å². The van der Waals surface area contributed by atoms with Crippen LogP contribution in [-0.2, 0) is 26.2 Å². The average molecular weight is 512 g/mol. The van der Waals surface area contributed by atoms with Gasteiger partial charge in [0.1, 0.15) is 18.4 Å². The molecule has 0 unspecified atom stereocenters. The van der Waals surface area contributed by atoms with E-state index in [4.69, 9.17) is 11.6 Å². The number of rotatable bonds is 9. The highest BCUT2D eigenvalue weighted by Crippen LogP contribution is 2.22. The second-order valence-electron chi connectivity index (χ2n) is 9.06. The van der Waals surface area contributed by atoms with Crippen molar-refractivity contribution in [2.45, 2.75) is 52.2 Å². The monoisotopic (exact) mass is 511 g/mol. The summed E-state index contributed by atoms with van der Waals surface area (Å²) in [6.07, 6.45) is 1.30. The number of anilines is 1.